The monoisotopic (exact) mass is 331 g/mol. The van der Waals surface area contributed by atoms with E-state index in [0.717, 1.165) is 17.5 Å². The number of carbonyl (C=O) groups excluding carboxylic acids is 1. The second-order valence-corrected chi connectivity index (χ2v) is 6.67. The molecule has 0 radical (unpaired) electrons. The van der Waals surface area contributed by atoms with Crippen LogP contribution in [0.15, 0.2) is 36.1 Å². The van der Waals surface area contributed by atoms with Crippen LogP contribution in [0.1, 0.15) is 43.2 Å². The SMILES string of the molecule is NC(=O)C1=C[C@H](C2CCCC2)C[C@H](OCc2ccc(CO)cc2)O1. The highest BCUT2D eigenvalue weighted by Crippen LogP contribution is 2.38. The topological polar surface area (TPSA) is 81.8 Å². The molecule has 3 N–H and O–H groups in total. The number of allylic oxidation sites excluding steroid dienone is 1. The zero-order chi connectivity index (χ0) is 16.9. The van der Waals surface area contributed by atoms with Gasteiger partial charge in [0, 0.05) is 6.42 Å². The van der Waals surface area contributed by atoms with Crippen molar-refractivity contribution in [3.05, 3.63) is 47.2 Å². The molecule has 3 rings (SSSR count). The number of hydrogen-bond acceptors (Lipinski definition) is 4. The number of nitrogens with two attached hydrogens (primary N) is 1. The Morgan fingerprint density at radius 1 is 1.21 bits per heavy atom. The van der Waals surface area contributed by atoms with Crippen LogP contribution in [0.25, 0.3) is 0 Å². The van der Waals surface area contributed by atoms with Gasteiger partial charge < -0.3 is 20.3 Å². The van der Waals surface area contributed by atoms with Gasteiger partial charge in [0.05, 0.1) is 13.2 Å². The van der Waals surface area contributed by atoms with Crippen molar-refractivity contribution < 1.29 is 19.4 Å². The second kappa shape index (κ2) is 7.81. The summed E-state index contributed by atoms with van der Waals surface area (Å²) < 4.78 is 11.5. The van der Waals surface area contributed by atoms with Crippen molar-refractivity contribution in [3.63, 3.8) is 0 Å². The highest BCUT2D eigenvalue weighted by Gasteiger charge is 2.32. The first kappa shape index (κ1) is 17.0. The molecular formula is C19H25NO4. The molecule has 0 saturated heterocycles. The first-order valence-corrected chi connectivity index (χ1v) is 8.64. The van der Waals surface area contributed by atoms with Gasteiger partial charge in [0.1, 0.15) is 0 Å². The van der Waals surface area contributed by atoms with E-state index in [9.17, 15) is 4.79 Å². The summed E-state index contributed by atoms with van der Waals surface area (Å²) in [5.74, 6) is 0.598. The molecule has 1 amide bonds. The van der Waals surface area contributed by atoms with E-state index in [1.165, 1.54) is 25.7 Å². The van der Waals surface area contributed by atoms with Gasteiger partial charge in [0.15, 0.2) is 5.76 Å². The molecule has 0 aromatic heterocycles. The molecule has 1 aliphatic heterocycles. The van der Waals surface area contributed by atoms with E-state index >= 15 is 0 Å². The van der Waals surface area contributed by atoms with Crippen molar-refractivity contribution in [2.75, 3.05) is 0 Å². The molecule has 0 bridgehead atoms. The van der Waals surface area contributed by atoms with Crippen LogP contribution in [0.5, 0.6) is 0 Å². The normalized spacial score (nSPS) is 24.5. The van der Waals surface area contributed by atoms with Crippen molar-refractivity contribution in [3.8, 4) is 0 Å². The lowest BCUT2D eigenvalue weighted by atomic mass is 9.86. The van der Waals surface area contributed by atoms with Crippen LogP contribution in [0.3, 0.4) is 0 Å². The van der Waals surface area contributed by atoms with Crippen molar-refractivity contribution in [1.29, 1.82) is 0 Å². The average Bonchev–Trinajstić information content (AvgIpc) is 3.15. The minimum atomic E-state index is -0.529. The van der Waals surface area contributed by atoms with E-state index in [1.807, 2.05) is 30.3 Å². The molecule has 1 aromatic rings. The highest BCUT2D eigenvalue weighted by atomic mass is 16.7. The molecule has 1 aromatic carbocycles. The van der Waals surface area contributed by atoms with Gasteiger partial charge in [0.2, 0.25) is 6.29 Å². The fraction of sp³-hybridized carbons (Fsp3) is 0.526. The quantitative estimate of drug-likeness (QED) is 0.839. The first-order valence-electron chi connectivity index (χ1n) is 8.64. The van der Waals surface area contributed by atoms with Crippen molar-refractivity contribution >= 4 is 5.91 Å². The van der Waals surface area contributed by atoms with Crippen LogP contribution in [0, 0.1) is 11.8 Å². The summed E-state index contributed by atoms with van der Waals surface area (Å²) in [5.41, 5.74) is 7.29. The number of amides is 1. The van der Waals surface area contributed by atoms with E-state index in [4.69, 9.17) is 20.3 Å². The molecule has 5 heteroatoms. The fourth-order valence-electron chi connectivity index (χ4n) is 3.60. The number of rotatable bonds is 6. The van der Waals surface area contributed by atoms with E-state index in [2.05, 4.69) is 0 Å². The Morgan fingerprint density at radius 2 is 1.88 bits per heavy atom. The average molecular weight is 331 g/mol. The van der Waals surface area contributed by atoms with Gasteiger partial charge in [-0.1, -0.05) is 37.1 Å². The molecule has 130 valence electrons. The maximum atomic E-state index is 11.6. The lowest BCUT2D eigenvalue weighted by Gasteiger charge is -2.31. The van der Waals surface area contributed by atoms with Gasteiger partial charge in [-0.2, -0.15) is 0 Å². The summed E-state index contributed by atoms with van der Waals surface area (Å²) in [6.07, 6.45) is 7.12. The van der Waals surface area contributed by atoms with E-state index in [0.29, 0.717) is 18.4 Å². The van der Waals surface area contributed by atoms with Gasteiger partial charge in [0.25, 0.3) is 5.91 Å². The molecule has 0 unspecified atom stereocenters. The third kappa shape index (κ3) is 4.16. The highest BCUT2D eigenvalue weighted by molar-refractivity contribution is 5.90. The summed E-state index contributed by atoms with van der Waals surface area (Å²) in [5, 5.41) is 9.08. The van der Waals surface area contributed by atoms with Crippen LogP contribution in [-0.4, -0.2) is 17.3 Å². The number of ether oxygens (including phenoxy) is 2. The predicted molar refractivity (Wildman–Crippen MR) is 89.4 cm³/mol. The predicted octanol–water partition coefficient (Wildman–Crippen LogP) is 2.62. The molecule has 0 spiro atoms. The van der Waals surface area contributed by atoms with Crippen molar-refractivity contribution in [2.45, 2.75) is 51.6 Å². The Bertz CT molecular complexity index is 590. The molecule has 2 atom stereocenters. The van der Waals surface area contributed by atoms with Crippen LogP contribution in [0.2, 0.25) is 0 Å². The van der Waals surface area contributed by atoms with E-state index in [1.54, 1.807) is 0 Å². The van der Waals surface area contributed by atoms with Gasteiger partial charge >= 0.3 is 0 Å². The zero-order valence-electron chi connectivity index (χ0n) is 13.8. The molecular weight excluding hydrogens is 306 g/mol. The molecule has 5 nitrogen and oxygen atoms in total. The summed E-state index contributed by atoms with van der Waals surface area (Å²) in [4.78, 5) is 11.6. The van der Waals surface area contributed by atoms with Crippen LogP contribution < -0.4 is 5.73 Å². The molecule has 1 aliphatic carbocycles. The number of carbonyl (C=O) groups is 1. The number of aliphatic hydroxyl groups is 1. The summed E-state index contributed by atoms with van der Waals surface area (Å²) >= 11 is 0. The van der Waals surface area contributed by atoms with Crippen molar-refractivity contribution in [1.82, 2.24) is 0 Å². The zero-order valence-corrected chi connectivity index (χ0v) is 13.8. The maximum absolute atomic E-state index is 11.6. The molecule has 1 fully saturated rings. The van der Waals surface area contributed by atoms with Gasteiger partial charge in [-0.3, -0.25) is 4.79 Å². The Kier molecular flexibility index (Phi) is 5.53. The maximum Gasteiger partial charge on any atom is 0.283 e. The lowest BCUT2D eigenvalue weighted by Crippen LogP contribution is -2.32. The van der Waals surface area contributed by atoms with Crippen LogP contribution >= 0.6 is 0 Å². The molecule has 1 heterocycles. The minimum absolute atomic E-state index is 0.0305. The number of hydrogen-bond donors (Lipinski definition) is 2. The van der Waals surface area contributed by atoms with Crippen molar-refractivity contribution in [2.24, 2.45) is 17.6 Å². The fourth-order valence-corrected chi connectivity index (χ4v) is 3.60. The third-order valence-electron chi connectivity index (χ3n) is 4.98. The van der Waals surface area contributed by atoms with Gasteiger partial charge in [-0.05, 0) is 41.9 Å². The molecule has 2 aliphatic rings. The smallest absolute Gasteiger partial charge is 0.283 e. The first-order chi connectivity index (χ1) is 11.7. The van der Waals surface area contributed by atoms with E-state index in [-0.39, 0.29) is 12.4 Å². The summed E-state index contributed by atoms with van der Waals surface area (Å²) in [6.45, 7) is 0.433. The Morgan fingerprint density at radius 3 is 2.50 bits per heavy atom. The second-order valence-electron chi connectivity index (χ2n) is 6.67. The summed E-state index contributed by atoms with van der Waals surface area (Å²) in [6, 6.07) is 7.59. The van der Waals surface area contributed by atoms with Crippen LogP contribution in [-0.2, 0) is 27.5 Å². The molecule has 24 heavy (non-hydrogen) atoms. The van der Waals surface area contributed by atoms with E-state index < -0.39 is 12.2 Å². The Hall–Kier alpha value is -1.85. The van der Waals surface area contributed by atoms with Gasteiger partial charge in [-0.25, -0.2) is 0 Å². The Balaban J connectivity index is 1.62. The van der Waals surface area contributed by atoms with Crippen LogP contribution in [0.4, 0.5) is 0 Å². The number of primary amides is 1. The van der Waals surface area contributed by atoms with Gasteiger partial charge in [-0.15, -0.1) is 0 Å². The largest absolute Gasteiger partial charge is 0.459 e. The number of benzene rings is 1. The molecule has 1 saturated carbocycles. The Labute approximate surface area is 142 Å². The number of aliphatic hydroxyl groups excluding tert-OH is 1. The summed E-state index contributed by atoms with van der Waals surface area (Å²) in [7, 11) is 0. The standard InChI is InChI=1S/C19H25NO4/c20-19(22)17-9-16(15-3-1-2-4-15)10-18(24-17)23-12-14-7-5-13(11-21)6-8-14/h5-9,15-16,18,21H,1-4,10-12H2,(H2,20,22)/t16-,18+/m0/s1. The lowest BCUT2D eigenvalue weighted by molar-refractivity contribution is -0.153. The minimum Gasteiger partial charge on any atom is -0.459 e. The third-order valence-corrected chi connectivity index (χ3v) is 4.98.